The highest BCUT2D eigenvalue weighted by Crippen LogP contribution is 2.32. The van der Waals surface area contributed by atoms with Crippen LogP contribution in [0, 0.1) is 5.92 Å². The first-order valence-corrected chi connectivity index (χ1v) is 12.7. The fraction of sp³-hybridized carbons (Fsp3) is 0.364. The second-order valence-electron chi connectivity index (χ2n) is 7.38. The van der Waals surface area contributed by atoms with Crippen LogP contribution >= 0.6 is 46.3 Å². The topological polar surface area (TPSA) is 63.2 Å². The molecule has 9 heteroatoms. The van der Waals surface area contributed by atoms with Gasteiger partial charge in [-0.1, -0.05) is 41.0 Å². The first kappa shape index (κ1) is 22.7. The van der Waals surface area contributed by atoms with Crippen molar-refractivity contribution >= 4 is 62.4 Å². The highest BCUT2D eigenvalue weighted by atomic mass is 35.5. The van der Waals surface area contributed by atoms with E-state index in [2.05, 4.69) is 15.6 Å². The third-order valence-corrected chi connectivity index (χ3v) is 8.05. The zero-order chi connectivity index (χ0) is 21.8. The quantitative estimate of drug-likeness (QED) is 0.407. The van der Waals surface area contributed by atoms with Crippen molar-refractivity contribution in [1.82, 2.24) is 15.6 Å². The number of carbonyl (C=O) groups is 1. The van der Waals surface area contributed by atoms with E-state index in [0.717, 1.165) is 45.4 Å². The van der Waals surface area contributed by atoms with Gasteiger partial charge in [0.15, 0.2) is 4.34 Å². The number of ether oxygens (including phenoxy) is 1. The van der Waals surface area contributed by atoms with Crippen LogP contribution in [0.2, 0.25) is 10.0 Å². The molecule has 0 aliphatic carbocycles. The van der Waals surface area contributed by atoms with Gasteiger partial charge in [-0.05, 0) is 49.2 Å². The van der Waals surface area contributed by atoms with Gasteiger partial charge in [0, 0.05) is 25.0 Å². The number of nitrogens with one attached hydrogen (secondary N) is 2. The van der Waals surface area contributed by atoms with E-state index in [1.54, 1.807) is 17.4 Å². The summed E-state index contributed by atoms with van der Waals surface area (Å²) in [5.41, 5.74) is 1.99. The largest absolute Gasteiger partial charge is 0.494 e. The van der Waals surface area contributed by atoms with E-state index in [4.69, 9.17) is 27.9 Å². The van der Waals surface area contributed by atoms with Gasteiger partial charge in [0.2, 0.25) is 5.91 Å². The highest BCUT2D eigenvalue weighted by molar-refractivity contribution is 8.01. The molecular weight excluding hydrogens is 473 g/mol. The van der Waals surface area contributed by atoms with Crippen LogP contribution in [-0.4, -0.2) is 42.4 Å². The fourth-order valence-electron chi connectivity index (χ4n) is 3.43. The van der Waals surface area contributed by atoms with E-state index in [1.165, 1.54) is 11.8 Å². The molecule has 4 rings (SSSR count). The molecule has 1 aliphatic heterocycles. The number of rotatable bonds is 9. The van der Waals surface area contributed by atoms with Gasteiger partial charge >= 0.3 is 0 Å². The van der Waals surface area contributed by atoms with Crippen molar-refractivity contribution in [1.29, 1.82) is 0 Å². The normalized spacial score (nSPS) is 14.9. The van der Waals surface area contributed by atoms with E-state index in [1.807, 2.05) is 37.3 Å². The molecule has 2 aromatic carbocycles. The summed E-state index contributed by atoms with van der Waals surface area (Å²) in [7, 11) is 0. The molecule has 1 amide bonds. The Hall–Kier alpha value is -1.51. The Kier molecular flexibility index (Phi) is 7.61. The summed E-state index contributed by atoms with van der Waals surface area (Å²) in [5, 5.41) is 7.57. The molecule has 1 saturated heterocycles. The molecule has 164 valence electrons. The number of hydrogen-bond donors (Lipinski definition) is 2. The van der Waals surface area contributed by atoms with Crippen LogP contribution in [0.1, 0.15) is 12.5 Å². The molecule has 0 saturated carbocycles. The monoisotopic (exact) mass is 495 g/mol. The van der Waals surface area contributed by atoms with Crippen LogP contribution in [0.5, 0.6) is 5.75 Å². The average Bonchev–Trinajstić information content (AvgIpc) is 3.10. The molecule has 1 aliphatic rings. The molecule has 2 heterocycles. The van der Waals surface area contributed by atoms with Crippen molar-refractivity contribution in [2.75, 3.05) is 25.4 Å². The minimum atomic E-state index is 0.0104. The van der Waals surface area contributed by atoms with E-state index in [9.17, 15) is 4.79 Å². The summed E-state index contributed by atoms with van der Waals surface area (Å²) in [6, 6.07) is 11.6. The lowest BCUT2D eigenvalue weighted by atomic mass is 9.89. The second-order valence-corrected chi connectivity index (χ2v) is 10.4. The highest BCUT2D eigenvalue weighted by Gasteiger charge is 2.28. The molecule has 1 atom stereocenters. The van der Waals surface area contributed by atoms with Crippen molar-refractivity contribution in [2.24, 2.45) is 5.92 Å². The van der Waals surface area contributed by atoms with Gasteiger partial charge in [0.05, 0.1) is 32.6 Å². The minimum absolute atomic E-state index is 0.0104. The Labute approximate surface area is 199 Å². The Balaban J connectivity index is 1.36. The Morgan fingerprint density at radius 2 is 2.13 bits per heavy atom. The molecule has 31 heavy (non-hydrogen) atoms. The van der Waals surface area contributed by atoms with Gasteiger partial charge in [-0.25, -0.2) is 4.98 Å². The van der Waals surface area contributed by atoms with Crippen LogP contribution in [0.25, 0.3) is 10.2 Å². The molecular formula is C22H23Cl2N3O2S2. The van der Waals surface area contributed by atoms with Crippen LogP contribution in [0.3, 0.4) is 0 Å². The average molecular weight is 496 g/mol. The van der Waals surface area contributed by atoms with Crippen molar-refractivity contribution in [2.45, 2.75) is 23.7 Å². The number of amides is 1. The standard InChI is InChI=1S/C22H23Cl2N3O2S2/c1-2-29-15-4-6-18-20(9-15)31-22(27-18)30-12-21(28)26-19(14-10-25-11-14)8-13-3-5-16(23)17(24)7-13/h3-7,9,14,19,25H,2,8,10-12H2,1H3,(H,26,28). The zero-order valence-corrected chi connectivity index (χ0v) is 20.1. The Bertz CT molecular complexity index is 1070. The van der Waals surface area contributed by atoms with E-state index >= 15 is 0 Å². The predicted octanol–water partition coefficient (Wildman–Crippen LogP) is 5.04. The van der Waals surface area contributed by atoms with Crippen molar-refractivity contribution in [3.05, 3.63) is 52.0 Å². The maximum absolute atomic E-state index is 12.7. The van der Waals surface area contributed by atoms with Crippen LogP contribution in [0.4, 0.5) is 0 Å². The maximum Gasteiger partial charge on any atom is 0.230 e. The molecule has 1 fully saturated rings. The summed E-state index contributed by atoms with van der Waals surface area (Å²) in [4.78, 5) is 17.3. The number of hydrogen-bond acceptors (Lipinski definition) is 6. The summed E-state index contributed by atoms with van der Waals surface area (Å²) < 4.78 is 7.50. The number of thiazole rings is 1. The third-order valence-electron chi connectivity index (χ3n) is 5.15. The summed E-state index contributed by atoms with van der Waals surface area (Å²) in [6.07, 6.45) is 0.723. The van der Waals surface area contributed by atoms with Gasteiger partial charge < -0.3 is 15.4 Å². The zero-order valence-electron chi connectivity index (χ0n) is 17.0. The number of halogens is 2. The lowest BCUT2D eigenvalue weighted by Crippen LogP contribution is -2.55. The van der Waals surface area contributed by atoms with Crippen molar-refractivity contribution in [3.63, 3.8) is 0 Å². The van der Waals surface area contributed by atoms with Gasteiger partial charge in [-0.3, -0.25) is 4.79 Å². The smallest absolute Gasteiger partial charge is 0.230 e. The van der Waals surface area contributed by atoms with Crippen LogP contribution in [0.15, 0.2) is 40.7 Å². The van der Waals surface area contributed by atoms with Gasteiger partial charge in [0.25, 0.3) is 0 Å². The van der Waals surface area contributed by atoms with Crippen molar-refractivity contribution in [3.8, 4) is 5.75 Å². The van der Waals surface area contributed by atoms with Crippen LogP contribution < -0.4 is 15.4 Å². The van der Waals surface area contributed by atoms with Crippen molar-refractivity contribution < 1.29 is 9.53 Å². The lowest BCUT2D eigenvalue weighted by Gasteiger charge is -2.35. The van der Waals surface area contributed by atoms with E-state index < -0.39 is 0 Å². The van der Waals surface area contributed by atoms with Gasteiger partial charge in [-0.2, -0.15) is 0 Å². The molecule has 1 aromatic heterocycles. The molecule has 0 radical (unpaired) electrons. The maximum atomic E-state index is 12.7. The number of thioether (sulfide) groups is 1. The second kappa shape index (κ2) is 10.4. The SMILES string of the molecule is CCOc1ccc2nc(SCC(=O)NC(Cc3ccc(Cl)c(Cl)c3)C3CNC3)sc2c1. The number of fused-ring (bicyclic) bond motifs is 1. The molecule has 2 N–H and O–H groups in total. The number of aromatic nitrogens is 1. The first-order chi connectivity index (χ1) is 15.0. The predicted molar refractivity (Wildman–Crippen MR) is 130 cm³/mol. The first-order valence-electron chi connectivity index (χ1n) is 10.1. The number of carbonyl (C=O) groups excluding carboxylic acids is 1. The molecule has 1 unspecified atom stereocenters. The minimum Gasteiger partial charge on any atom is -0.494 e. The number of benzene rings is 2. The van der Waals surface area contributed by atoms with Gasteiger partial charge in [0.1, 0.15) is 5.75 Å². The summed E-state index contributed by atoms with van der Waals surface area (Å²) >= 11 is 15.2. The summed E-state index contributed by atoms with van der Waals surface area (Å²) in [5.74, 6) is 1.59. The Morgan fingerprint density at radius 3 is 2.84 bits per heavy atom. The van der Waals surface area contributed by atoms with Crippen LogP contribution in [-0.2, 0) is 11.2 Å². The molecule has 3 aromatic rings. The molecule has 0 spiro atoms. The summed E-state index contributed by atoms with van der Waals surface area (Å²) in [6.45, 7) is 4.40. The van der Waals surface area contributed by atoms with E-state index in [-0.39, 0.29) is 11.9 Å². The van der Waals surface area contributed by atoms with E-state index in [0.29, 0.717) is 28.3 Å². The lowest BCUT2D eigenvalue weighted by molar-refractivity contribution is -0.119. The Morgan fingerprint density at radius 1 is 1.29 bits per heavy atom. The van der Waals surface area contributed by atoms with Gasteiger partial charge in [-0.15, -0.1) is 11.3 Å². The molecule has 0 bridgehead atoms. The number of nitrogens with zero attached hydrogens (tertiary/aromatic N) is 1. The third kappa shape index (κ3) is 5.84. The molecule has 5 nitrogen and oxygen atoms in total. The fourth-order valence-corrected chi connectivity index (χ4v) is 5.66.